The molecular formula is C11H15F3N2O3. The van der Waals surface area contributed by atoms with Crippen LogP contribution < -0.4 is 10.6 Å². The van der Waals surface area contributed by atoms with Crippen LogP contribution in [0, 0.1) is 12.3 Å². The fourth-order valence-electron chi connectivity index (χ4n) is 1.18. The van der Waals surface area contributed by atoms with Gasteiger partial charge in [-0.2, -0.15) is 13.2 Å². The van der Waals surface area contributed by atoms with Crippen LogP contribution in [-0.4, -0.2) is 35.9 Å². The summed E-state index contributed by atoms with van der Waals surface area (Å²) in [6.07, 6.45) is -0.303. The van der Waals surface area contributed by atoms with Gasteiger partial charge in [-0.1, -0.05) is 0 Å². The van der Waals surface area contributed by atoms with Crippen molar-refractivity contribution in [2.24, 2.45) is 0 Å². The minimum Gasteiger partial charge on any atom is -0.480 e. The highest BCUT2D eigenvalue weighted by molar-refractivity contribution is 5.82. The number of terminal acetylenes is 1. The molecule has 3 N–H and O–H groups in total. The molecule has 0 rings (SSSR count). The van der Waals surface area contributed by atoms with Crippen LogP contribution in [0.5, 0.6) is 0 Å². The third-order valence-corrected chi connectivity index (χ3v) is 2.10. The van der Waals surface area contributed by atoms with Crippen molar-refractivity contribution in [1.29, 1.82) is 0 Å². The van der Waals surface area contributed by atoms with E-state index < -0.39 is 30.6 Å². The van der Waals surface area contributed by atoms with Gasteiger partial charge >= 0.3 is 18.2 Å². The van der Waals surface area contributed by atoms with Crippen LogP contribution in [0.1, 0.15) is 25.7 Å². The SMILES string of the molecule is C#CCC(NC(=O)NCCCCC(F)(F)F)C(=O)O. The van der Waals surface area contributed by atoms with Gasteiger partial charge in [-0.3, -0.25) is 0 Å². The van der Waals surface area contributed by atoms with E-state index in [1.165, 1.54) is 0 Å². The molecule has 0 spiro atoms. The second kappa shape index (κ2) is 8.24. The number of halogens is 3. The van der Waals surface area contributed by atoms with E-state index in [2.05, 4.69) is 16.6 Å². The maximum atomic E-state index is 11.8. The van der Waals surface area contributed by atoms with Gasteiger partial charge in [-0.15, -0.1) is 12.3 Å². The Bertz CT molecular complexity index is 350. The summed E-state index contributed by atoms with van der Waals surface area (Å²) < 4.78 is 35.4. The molecule has 1 atom stereocenters. The standard InChI is InChI=1S/C11H15F3N2O3/c1-2-5-8(9(17)18)16-10(19)15-7-4-3-6-11(12,13)14/h1,8H,3-7H2,(H,17,18)(H2,15,16,19). The molecule has 0 aromatic rings. The Hall–Kier alpha value is -1.91. The van der Waals surface area contributed by atoms with Crippen molar-refractivity contribution in [2.45, 2.75) is 37.9 Å². The topological polar surface area (TPSA) is 78.4 Å². The third kappa shape index (κ3) is 9.76. The van der Waals surface area contributed by atoms with E-state index >= 15 is 0 Å². The largest absolute Gasteiger partial charge is 0.480 e. The average Bonchev–Trinajstić information content (AvgIpc) is 2.26. The molecule has 0 saturated heterocycles. The second-order valence-corrected chi connectivity index (χ2v) is 3.77. The summed E-state index contributed by atoms with van der Waals surface area (Å²) in [6.45, 7) is 0.0320. The second-order valence-electron chi connectivity index (χ2n) is 3.77. The highest BCUT2D eigenvalue weighted by Crippen LogP contribution is 2.21. The van der Waals surface area contributed by atoms with Gasteiger partial charge in [0.1, 0.15) is 6.04 Å². The molecule has 0 aliphatic rings. The van der Waals surface area contributed by atoms with Crippen LogP contribution in [-0.2, 0) is 4.79 Å². The number of rotatable bonds is 7. The molecule has 2 amide bonds. The normalized spacial score (nSPS) is 12.3. The fourth-order valence-corrected chi connectivity index (χ4v) is 1.18. The first-order valence-electron chi connectivity index (χ1n) is 5.53. The van der Waals surface area contributed by atoms with Crippen molar-refractivity contribution in [3.05, 3.63) is 0 Å². The highest BCUT2D eigenvalue weighted by Gasteiger charge is 2.25. The Balaban J connectivity index is 3.81. The van der Waals surface area contributed by atoms with E-state index in [4.69, 9.17) is 11.5 Å². The number of hydrogen-bond donors (Lipinski definition) is 3. The summed E-state index contributed by atoms with van der Waals surface area (Å²) in [5.74, 6) is 0.826. The first-order valence-corrected chi connectivity index (χ1v) is 5.53. The van der Waals surface area contributed by atoms with E-state index in [-0.39, 0.29) is 25.8 Å². The lowest BCUT2D eigenvalue weighted by atomic mass is 10.2. The first kappa shape index (κ1) is 17.1. The number of carboxylic acid groups (broad SMARTS) is 1. The number of carbonyl (C=O) groups excluding carboxylic acids is 1. The predicted molar refractivity (Wildman–Crippen MR) is 61.3 cm³/mol. The van der Waals surface area contributed by atoms with Crippen molar-refractivity contribution in [3.63, 3.8) is 0 Å². The molecule has 0 radical (unpaired) electrons. The number of alkyl halides is 3. The predicted octanol–water partition coefficient (Wildman–Crippen LogP) is 1.49. The summed E-state index contributed by atoms with van der Waals surface area (Å²) in [7, 11) is 0. The van der Waals surface area contributed by atoms with Gasteiger partial charge in [0, 0.05) is 19.4 Å². The van der Waals surface area contributed by atoms with Crippen molar-refractivity contribution < 1.29 is 27.9 Å². The zero-order valence-electron chi connectivity index (χ0n) is 10.1. The van der Waals surface area contributed by atoms with Gasteiger partial charge in [0.25, 0.3) is 0 Å². The van der Waals surface area contributed by atoms with Crippen LogP contribution in [0.2, 0.25) is 0 Å². The van der Waals surface area contributed by atoms with Gasteiger partial charge in [0.15, 0.2) is 0 Å². The number of nitrogens with one attached hydrogen (secondary N) is 2. The molecule has 19 heavy (non-hydrogen) atoms. The van der Waals surface area contributed by atoms with Gasteiger partial charge in [-0.05, 0) is 12.8 Å². The lowest BCUT2D eigenvalue weighted by molar-refractivity contribution is -0.139. The summed E-state index contributed by atoms with van der Waals surface area (Å²) in [5.41, 5.74) is 0. The average molecular weight is 280 g/mol. The Morgan fingerprint density at radius 2 is 1.95 bits per heavy atom. The maximum absolute atomic E-state index is 11.8. The number of urea groups is 1. The van der Waals surface area contributed by atoms with Gasteiger partial charge in [-0.25, -0.2) is 9.59 Å². The van der Waals surface area contributed by atoms with Gasteiger partial charge in [0.05, 0.1) is 0 Å². The number of hydrogen-bond acceptors (Lipinski definition) is 2. The van der Waals surface area contributed by atoms with Gasteiger partial charge in [0.2, 0.25) is 0 Å². The van der Waals surface area contributed by atoms with Crippen molar-refractivity contribution >= 4 is 12.0 Å². The molecule has 5 nitrogen and oxygen atoms in total. The van der Waals surface area contributed by atoms with E-state index in [0.29, 0.717) is 0 Å². The lowest BCUT2D eigenvalue weighted by Crippen LogP contribution is -2.46. The number of amides is 2. The van der Waals surface area contributed by atoms with Crippen molar-refractivity contribution in [1.82, 2.24) is 10.6 Å². The van der Waals surface area contributed by atoms with E-state index in [1.807, 2.05) is 0 Å². The Morgan fingerprint density at radius 1 is 1.32 bits per heavy atom. The summed E-state index contributed by atoms with van der Waals surface area (Å²) >= 11 is 0. The molecule has 0 aliphatic carbocycles. The number of carbonyl (C=O) groups is 2. The molecule has 0 fully saturated rings. The first-order chi connectivity index (χ1) is 8.76. The Morgan fingerprint density at radius 3 is 2.42 bits per heavy atom. The minimum atomic E-state index is -4.20. The zero-order chi connectivity index (χ0) is 14.9. The molecule has 8 heteroatoms. The molecule has 0 saturated carbocycles. The maximum Gasteiger partial charge on any atom is 0.389 e. The van der Waals surface area contributed by atoms with Crippen LogP contribution in [0.4, 0.5) is 18.0 Å². The summed E-state index contributed by atoms with van der Waals surface area (Å²) in [4.78, 5) is 21.9. The fraction of sp³-hybridized carbons (Fsp3) is 0.636. The molecule has 0 bridgehead atoms. The quantitative estimate of drug-likeness (QED) is 0.488. The number of unbranched alkanes of at least 4 members (excludes halogenated alkanes) is 1. The molecular weight excluding hydrogens is 265 g/mol. The van der Waals surface area contributed by atoms with E-state index in [0.717, 1.165) is 0 Å². The van der Waals surface area contributed by atoms with Crippen LogP contribution in [0.15, 0.2) is 0 Å². The molecule has 0 aromatic heterocycles. The van der Waals surface area contributed by atoms with Gasteiger partial charge < -0.3 is 15.7 Å². The van der Waals surface area contributed by atoms with Crippen molar-refractivity contribution in [3.8, 4) is 12.3 Å². The Kier molecular flexibility index (Phi) is 7.41. The minimum absolute atomic E-state index is 0.0320. The lowest BCUT2D eigenvalue weighted by Gasteiger charge is -2.12. The van der Waals surface area contributed by atoms with Crippen molar-refractivity contribution in [2.75, 3.05) is 6.54 Å². The van der Waals surface area contributed by atoms with Crippen LogP contribution in [0.25, 0.3) is 0 Å². The van der Waals surface area contributed by atoms with E-state index in [9.17, 15) is 22.8 Å². The molecule has 0 aliphatic heterocycles. The summed E-state index contributed by atoms with van der Waals surface area (Å²) in [6, 6.07) is -1.98. The van der Waals surface area contributed by atoms with E-state index in [1.54, 1.807) is 0 Å². The molecule has 1 unspecified atom stereocenters. The van der Waals surface area contributed by atoms with Crippen LogP contribution >= 0.6 is 0 Å². The molecule has 108 valence electrons. The number of carboxylic acids is 1. The monoisotopic (exact) mass is 280 g/mol. The zero-order valence-corrected chi connectivity index (χ0v) is 10.1. The Labute approximate surface area is 108 Å². The molecule has 0 aromatic carbocycles. The third-order valence-electron chi connectivity index (χ3n) is 2.10. The molecule has 0 heterocycles. The number of aliphatic carboxylic acids is 1. The smallest absolute Gasteiger partial charge is 0.389 e. The van der Waals surface area contributed by atoms with Crippen LogP contribution in [0.3, 0.4) is 0 Å². The highest BCUT2D eigenvalue weighted by atomic mass is 19.4. The summed E-state index contributed by atoms with van der Waals surface area (Å²) in [5, 5.41) is 13.1.